The quantitative estimate of drug-likeness (QED) is 0.872. The zero-order chi connectivity index (χ0) is 9.26. The number of rotatable bonds is 4. The van der Waals surface area contributed by atoms with Crippen molar-refractivity contribution in [2.75, 3.05) is 6.54 Å². The number of halogens is 1. The summed E-state index contributed by atoms with van der Waals surface area (Å²) in [6.07, 6.45) is 2.78. The Hall–Kier alpha value is 0.140. The van der Waals surface area contributed by atoms with Gasteiger partial charge in [-0.1, -0.05) is 6.92 Å². The van der Waals surface area contributed by atoms with Crippen LogP contribution in [0.4, 0.5) is 0 Å². The van der Waals surface area contributed by atoms with Crippen molar-refractivity contribution in [1.29, 1.82) is 0 Å². The molecule has 1 unspecified atom stereocenters. The van der Waals surface area contributed by atoms with Gasteiger partial charge in [0.1, 0.15) is 0 Å². The van der Waals surface area contributed by atoms with Crippen LogP contribution in [-0.2, 0) is 0 Å². The van der Waals surface area contributed by atoms with Gasteiger partial charge in [0.25, 0.3) is 0 Å². The molecule has 72 valence electrons. The lowest BCUT2D eigenvalue weighted by Crippen LogP contribution is -2.22. The average molecular weight is 260 g/mol. The maximum Gasteiger partial charge on any atom is 0.0368 e. The minimum Gasteiger partial charge on any atom is -0.310 e. The third kappa shape index (κ3) is 2.14. The molecule has 13 heavy (non-hydrogen) atoms. The second kappa shape index (κ2) is 4.11. The van der Waals surface area contributed by atoms with Crippen molar-refractivity contribution in [2.24, 2.45) is 5.92 Å². The maximum atomic E-state index is 3.60. The zero-order valence-corrected chi connectivity index (χ0v) is 10.1. The van der Waals surface area contributed by atoms with Crippen molar-refractivity contribution in [3.8, 4) is 0 Å². The molecular weight excluding hydrogens is 246 g/mol. The molecule has 1 heterocycles. The number of nitrogens with one attached hydrogen (secondary N) is 1. The molecule has 0 saturated heterocycles. The van der Waals surface area contributed by atoms with E-state index < -0.39 is 0 Å². The topological polar surface area (TPSA) is 12.0 Å². The highest BCUT2D eigenvalue weighted by Gasteiger charge is 2.32. The highest BCUT2D eigenvalue weighted by atomic mass is 79.9. The van der Waals surface area contributed by atoms with Crippen LogP contribution in [-0.4, -0.2) is 6.54 Å². The smallest absolute Gasteiger partial charge is 0.0368 e. The van der Waals surface area contributed by atoms with Crippen molar-refractivity contribution in [1.82, 2.24) is 5.32 Å². The summed E-state index contributed by atoms with van der Waals surface area (Å²) >= 11 is 5.38. The average Bonchev–Trinajstić information content (AvgIpc) is 2.86. The van der Waals surface area contributed by atoms with Crippen LogP contribution in [0.2, 0.25) is 0 Å². The van der Waals surface area contributed by atoms with Crippen LogP contribution in [0.1, 0.15) is 31.4 Å². The van der Waals surface area contributed by atoms with Gasteiger partial charge in [0.2, 0.25) is 0 Å². The molecule has 1 saturated carbocycles. The lowest BCUT2D eigenvalue weighted by molar-refractivity contribution is 0.496. The van der Waals surface area contributed by atoms with Gasteiger partial charge in [-0.25, -0.2) is 0 Å². The van der Waals surface area contributed by atoms with E-state index in [2.05, 4.69) is 38.9 Å². The van der Waals surface area contributed by atoms with Crippen LogP contribution in [0.3, 0.4) is 0 Å². The Morgan fingerprint density at radius 2 is 2.38 bits per heavy atom. The summed E-state index contributed by atoms with van der Waals surface area (Å²) in [5, 5.41) is 7.99. The van der Waals surface area contributed by atoms with Crippen LogP contribution in [0.25, 0.3) is 0 Å². The van der Waals surface area contributed by atoms with E-state index in [4.69, 9.17) is 0 Å². The van der Waals surface area contributed by atoms with E-state index in [1.54, 1.807) is 11.3 Å². The Balaban J connectivity index is 2.14. The normalized spacial score (nSPS) is 18.9. The van der Waals surface area contributed by atoms with Crippen LogP contribution in [0.15, 0.2) is 15.2 Å². The van der Waals surface area contributed by atoms with Gasteiger partial charge in [0.05, 0.1) is 0 Å². The molecular formula is C10H14BrNS. The van der Waals surface area contributed by atoms with E-state index in [9.17, 15) is 0 Å². The Morgan fingerprint density at radius 1 is 1.62 bits per heavy atom. The molecule has 0 aromatic carbocycles. The summed E-state index contributed by atoms with van der Waals surface area (Å²) in [6, 6.07) is 0.589. The molecule has 0 spiro atoms. The molecule has 2 rings (SSSR count). The van der Waals surface area contributed by atoms with E-state index in [-0.39, 0.29) is 0 Å². The lowest BCUT2D eigenvalue weighted by Gasteiger charge is -2.16. The minimum atomic E-state index is 0.589. The predicted octanol–water partition coefficient (Wildman–Crippen LogP) is 3.57. The number of hydrogen-bond donors (Lipinski definition) is 1. The SMILES string of the molecule is CCNC(c1cscc1Br)C1CC1. The van der Waals surface area contributed by atoms with E-state index in [1.807, 2.05) is 0 Å². The Morgan fingerprint density at radius 3 is 2.85 bits per heavy atom. The number of hydrogen-bond acceptors (Lipinski definition) is 2. The summed E-state index contributed by atoms with van der Waals surface area (Å²) in [5.41, 5.74) is 1.45. The van der Waals surface area contributed by atoms with Crippen molar-refractivity contribution >= 4 is 27.3 Å². The third-order valence-corrected chi connectivity index (χ3v) is 4.25. The molecule has 1 N–H and O–H groups in total. The molecule has 1 atom stereocenters. The first-order valence-electron chi connectivity index (χ1n) is 4.78. The molecule has 1 aliphatic rings. The molecule has 0 aliphatic heterocycles. The zero-order valence-electron chi connectivity index (χ0n) is 7.72. The second-order valence-corrected chi connectivity index (χ2v) is 5.15. The first kappa shape index (κ1) is 9.69. The van der Waals surface area contributed by atoms with Crippen molar-refractivity contribution in [3.63, 3.8) is 0 Å². The number of thiophene rings is 1. The first-order chi connectivity index (χ1) is 6.33. The fourth-order valence-corrected chi connectivity index (χ4v) is 3.27. The first-order valence-corrected chi connectivity index (χ1v) is 6.51. The molecule has 1 nitrogen and oxygen atoms in total. The van der Waals surface area contributed by atoms with Crippen LogP contribution < -0.4 is 5.32 Å². The van der Waals surface area contributed by atoms with Gasteiger partial charge in [0, 0.05) is 15.9 Å². The van der Waals surface area contributed by atoms with E-state index in [0.717, 1.165) is 12.5 Å². The van der Waals surface area contributed by atoms with Crippen LogP contribution >= 0.6 is 27.3 Å². The van der Waals surface area contributed by atoms with Gasteiger partial charge in [-0.15, -0.1) is 0 Å². The molecule has 0 bridgehead atoms. The molecule has 1 aliphatic carbocycles. The van der Waals surface area contributed by atoms with Crippen molar-refractivity contribution < 1.29 is 0 Å². The second-order valence-electron chi connectivity index (χ2n) is 3.55. The molecule has 0 radical (unpaired) electrons. The van der Waals surface area contributed by atoms with Gasteiger partial charge in [0.15, 0.2) is 0 Å². The lowest BCUT2D eigenvalue weighted by atomic mass is 10.1. The van der Waals surface area contributed by atoms with Gasteiger partial charge in [-0.3, -0.25) is 0 Å². The summed E-state index contributed by atoms with van der Waals surface area (Å²) in [4.78, 5) is 0. The molecule has 1 aromatic rings. The highest BCUT2D eigenvalue weighted by molar-refractivity contribution is 9.10. The summed E-state index contributed by atoms with van der Waals surface area (Å²) in [5.74, 6) is 0.880. The fourth-order valence-electron chi connectivity index (χ4n) is 1.69. The monoisotopic (exact) mass is 259 g/mol. The third-order valence-electron chi connectivity index (χ3n) is 2.49. The molecule has 1 fully saturated rings. The van der Waals surface area contributed by atoms with Crippen LogP contribution in [0.5, 0.6) is 0 Å². The highest BCUT2D eigenvalue weighted by Crippen LogP contribution is 2.43. The van der Waals surface area contributed by atoms with Gasteiger partial charge >= 0.3 is 0 Å². The standard InChI is InChI=1S/C10H14BrNS/c1-2-12-10(7-3-4-7)8-5-13-6-9(8)11/h5-7,10,12H,2-4H2,1H3. The van der Waals surface area contributed by atoms with Gasteiger partial charge in [-0.2, -0.15) is 11.3 Å². The fraction of sp³-hybridized carbons (Fsp3) is 0.600. The van der Waals surface area contributed by atoms with E-state index in [0.29, 0.717) is 6.04 Å². The molecule has 3 heteroatoms. The molecule has 0 amide bonds. The van der Waals surface area contributed by atoms with E-state index in [1.165, 1.54) is 22.9 Å². The predicted molar refractivity (Wildman–Crippen MR) is 61.2 cm³/mol. The molecule has 1 aromatic heterocycles. The van der Waals surface area contributed by atoms with Gasteiger partial charge < -0.3 is 5.32 Å². The van der Waals surface area contributed by atoms with E-state index >= 15 is 0 Å². The summed E-state index contributed by atoms with van der Waals surface area (Å²) in [6.45, 7) is 3.24. The Labute approximate surface area is 91.7 Å². The van der Waals surface area contributed by atoms with Gasteiger partial charge in [-0.05, 0) is 52.2 Å². The maximum absolute atomic E-state index is 3.60. The van der Waals surface area contributed by atoms with Crippen molar-refractivity contribution in [3.05, 3.63) is 20.8 Å². The minimum absolute atomic E-state index is 0.589. The summed E-state index contributed by atoms with van der Waals surface area (Å²) in [7, 11) is 0. The summed E-state index contributed by atoms with van der Waals surface area (Å²) < 4.78 is 1.27. The Kier molecular flexibility index (Phi) is 3.06. The van der Waals surface area contributed by atoms with Crippen LogP contribution in [0, 0.1) is 5.92 Å². The largest absolute Gasteiger partial charge is 0.310 e. The Bertz CT molecular complexity index is 280. The van der Waals surface area contributed by atoms with Crippen molar-refractivity contribution in [2.45, 2.75) is 25.8 Å².